The maximum Gasteiger partial charge on any atom is 0.244 e. The molecule has 1 aromatic rings. The Morgan fingerprint density at radius 3 is 2.55 bits per heavy atom. The number of hydrogen-bond donors (Lipinski definition) is 2. The van der Waals surface area contributed by atoms with Crippen LogP contribution in [0.5, 0.6) is 0 Å². The topological polar surface area (TPSA) is 85.3 Å². The molecule has 0 spiro atoms. The molecule has 1 fully saturated rings. The highest BCUT2D eigenvalue weighted by Crippen LogP contribution is 2.31. The van der Waals surface area contributed by atoms with Crippen LogP contribution in [-0.4, -0.2) is 15.0 Å². The summed E-state index contributed by atoms with van der Waals surface area (Å²) in [6.07, 6.45) is 3.46. The SMILES string of the molecule is Cc1oc(C)c(S(=O)(=O)NCC2CCCC2C)c1CN. The van der Waals surface area contributed by atoms with Gasteiger partial charge in [-0.25, -0.2) is 13.1 Å². The maximum absolute atomic E-state index is 12.5. The molecule has 1 aliphatic rings. The fourth-order valence-corrected chi connectivity index (χ4v) is 4.66. The third-order valence-corrected chi connectivity index (χ3v) is 5.99. The Morgan fingerprint density at radius 2 is 2.00 bits per heavy atom. The minimum absolute atomic E-state index is 0.166. The number of aryl methyl sites for hydroxylation is 2. The second-order valence-corrected chi connectivity index (χ2v) is 7.45. The van der Waals surface area contributed by atoms with E-state index in [-0.39, 0.29) is 11.4 Å². The largest absolute Gasteiger partial charge is 0.465 e. The molecular weight excluding hydrogens is 276 g/mol. The smallest absolute Gasteiger partial charge is 0.244 e. The lowest BCUT2D eigenvalue weighted by Gasteiger charge is -2.16. The minimum atomic E-state index is -3.55. The lowest BCUT2D eigenvalue weighted by molar-refractivity contribution is 0.414. The Bertz CT molecular complexity index is 577. The third-order valence-electron chi connectivity index (χ3n) is 4.37. The molecular formula is C14H24N2O3S. The molecule has 2 rings (SSSR count). The molecule has 1 aromatic heterocycles. The predicted molar refractivity (Wildman–Crippen MR) is 77.8 cm³/mol. The molecule has 5 nitrogen and oxygen atoms in total. The average Bonchev–Trinajstić information content (AvgIpc) is 2.90. The van der Waals surface area contributed by atoms with Crippen LogP contribution in [0.15, 0.2) is 9.31 Å². The molecule has 1 saturated carbocycles. The van der Waals surface area contributed by atoms with E-state index in [0.717, 1.165) is 6.42 Å². The van der Waals surface area contributed by atoms with E-state index in [1.54, 1.807) is 13.8 Å². The van der Waals surface area contributed by atoms with Crippen LogP contribution in [0, 0.1) is 25.7 Å². The zero-order valence-electron chi connectivity index (χ0n) is 12.4. The Balaban J connectivity index is 2.18. The summed E-state index contributed by atoms with van der Waals surface area (Å²) in [6.45, 7) is 6.26. The van der Waals surface area contributed by atoms with E-state index in [2.05, 4.69) is 11.6 Å². The molecule has 0 bridgehead atoms. The van der Waals surface area contributed by atoms with E-state index < -0.39 is 10.0 Å². The summed E-state index contributed by atoms with van der Waals surface area (Å²) in [5.74, 6) is 2.01. The number of sulfonamides is 1. The molecule has 0 aliphatic heterocycles. The predicted octanol–water partition coefficient (Wildman–Crippen LogP) is 2.07. The summed E-state index contributed by atoms with van der Waals surface area (Å²) >= 11 is 0. The van der Waals surface area contributed by atoms with Crippen molar-refractivity contribution in [1.29, 1.82) is 0 Å². The first-order valence-corrected chi connectivity index (χ1v) is 8.63. The number of rotatable bonds is 5. The highest BCUT2D eigenvalue weighted by molar-refractivity contribution is 7.89. The van der Waals surface area contributed by atoms with Gasteiger partial charge < -0.3 is 10.2 Å². The van der Waals surface area contributed by atoms with Gasteiger partial charge in [0.1, 0.15) is 16.4 Å². The molecule has 2 atom stereocenters. The maximum atomic E-state index is 12.5. The highest BCUT2D eigenvalue weighted by atomic mass is 32.2. The fraction of sp³-hybridized carbons (Fsp3) is 0.714. The highest BCUT2D eigenvalue weighted by Gasteiger charge is 2.29. The van der Waals surface area contributed by atoms with E-state index in [1.807, 2.05) is 0 Å². The molecule has 0 amide bonds. The average molecular weight is 300 g/mol. The van der Waals surface area contributed by atoms with Crippen molar-refractivity contribution in [3.8, 4) is 0 Å². The van der Waals surface area contributed by atoms with Crippen molar-refractivity contribution in [1.82, 2.24) is 4.72 Å². The minimum Gasteiger partial charge on any atom is -0.465 e. The van der Waals surface area contributed by atoms with Crippen molar-refractivity contribution in [2.24, 2.45) is 17.6 Å². The van der Waals surface area contributed by atoms with Gasteiger partial charge in [-0.3, -0.25) is 0 Å². The van der Waals surface area contributed by atoms with Crippen LogP contribution in [0.4, 0.5) is 0 Å². The first kappa shape index (κ1) is 15.5. The van der Waals surface area contributed by atoms with Crippen LogP contribution < -0.4 is 10.5 Å². The summed E-state index contributed by atoms with van der Waals surface area (Å²) in [4.78, 5) is 0.225. The molecule has 114 valence electrons. The van der Waals surface area contributed by atoms with E-state index in [9.17, 15) is 8.42 Å². The molecule has 0 saturated heterocycles. The lowest BCUT2D eigenvalue weighted by Crippen LogP contribution is -2.31. The third kappa shape index (κ3) is 2.92. The molecule has 20 heavy (non-hydrogen) atoms. The summed E-state index contributed by atoms with van der Waals surface area (Å²) in [7, 11) is -3.55. The summed E-state index contributed by atoms with van der Waals surface area (Å²) in [5.41, 5.74) is 6.23. The Labute approximate surface area is 121 Å². The Kier molecular flexibility index (Phi) is 4.56. The molecule has 0 radical (unpaired) electrons. The van der Waals surface area contributed by atoms with E-state index in [1.165, 1.54) is 12.8 Å². The molecule has 1 heterocycles. The van der Waals surface area contributed by atoms with Gasteiger partial charge >= 0.3 is 0 Å². The van der Waals surface area contributed by atoms with Gasteiger partial charge in [0.15, 0.2) is 0 Å². The molecule has 2 unspecified atom stereocenters. The van der Waals surface area contributed by atoms with Crippen molar-refractivity contribution in [2.75, 3.05) is 6.54 Å². The number of furan rings is 1. The Hall–Kier alpha value is -0.850. The van der Waals surface area contributed by atoms with Crippen LogP contribution in [0.25, 0.3) is 0 Å². The summed E-state index contributed by atoms with van der Waals surface area (Å²) in [5, 5.41) is 0. The second kappa shape index (κ2) is 5.87. The first-order valence-electron chi connectivity index (χ1n) is 7.15. The lowest BCUT2D eigenvalue weighted by atomic mass is 9.99. The zero-order valence-corrected chi connectivity index (χ0v) is 13.2. The van der Waals surface area contributed by atoms with Gasteiger partial charge in [-0.05, 0) is 32.1 Å². The van der Waals surface area contributed by atoms with Crippen molar-refractivity contribution in [3.05, 3.63) is 17.1 Å². The van der Waals surface area contributed by atoms with Crippen LogP contribution in [-0.2, 0) is 16.6 Å². The van der Waals surface area contributed by atoms with E-state index in [4.69, 9.17) is 10.2 Å². The van der Waals surface area contributed by atoms with Crippen molar-refractivity contribution in [3.63, 3.8) is 0 Å². The van der Waals surface area contributed by atoms with Crippen molar-refractivity contribution < 1.29 is 12.8 Å². The van der Waals surface area contributed by atoms with Gasteiger partial charge in [0, 0.05) is 18.7 Å². The summed E-state index contributed by atoms with van der Waals surface area (Å²) < 4.78 is 33.1. The van der Waals surface area contributed by atoms with E-state index in [0.29, 0.717) is 35.5 Å². The van der Waals surface area contributed by atoms with Crippen LogP contribution in [0.1, 0.15) is 43.3 Å². The van der Waals surface area contributed by atoms with Gasteiger partial charge in [-0.15, -0.1) is 0 Å². The fourth-order valence-electron chi connectivity index (χ4n) is 3.11. The van der Waals surface area contributed by atoms with Gasteiger partial charge in [-0.1, -0.05) is 19.8 Å². The van der Waals surface area contributed by atoms with Crippen molar-refractivity contribution in [2.45, 2.75) is 51.5 Å². The number of nitrogens with one attached hydrogen (secondary N) is 1. The van der Waals surface area contributed by atoms with Gasteiger partial charge in [-0.2, -0.15) is 0 Å². The molecule has 1 aliphatic carbocycles. The van der Waals surface area contributed by atoms with Gasteiger partial charge in [0.25, 0.3) is 0 Å². The quantitative estimate of drug-likeness (QED) is 0.871. The van der Waals surface area contributed by atoms with Crippen molar-refractivity contribution >= 4 is 10.0 Å². The monoisotopic (exact) mass is 300 g/mol. The standard InChI is InChI=1S/C14H24N2O3S/c1-9-5-4-6-12(9)8-16-20(17,18)14-11(3)19-10(2)13(14)7-15/h9,12,16H,4-8,15H2,1-3H3. The zero-order chi connectivity index (χ0) is 14.9. The normalized spacial score (nSPS) is 23.4. The van der Waals surface area contributed by atoms with Gasteiger partial charge in [0.2, 0.25) is 10.0 Å². The number of hydrogen-bond acceptors (Lipinski definition) is 4. The number of nitrogens with two attached hydrogens (primary N) is 1. The molecule has 0 aromatic carbocycles. The first-order chi connectivity index (χ1) is 9.36. The summed E-state index contributed by atoms with van der Waals surface area (Å²) in [6, 6.07) is 0. The van der Waals surface area contributed by atoms with Crippen LogP contribution >= 0.6 is 0 Å². The second-order valence-electron chi connectivity index (χ2n) is 5.75. The van der Waals surface area contributed by atoms with Crippen LogP contribution in [0.3, 0.4) is 0 Å². The molecule has 6 heteroatoms. The van der Waals surface area contributed by atoms with Crippen LogP contribution in [0.2, 0.25) is 0 Å². The van der Waals surface area contributed by atoms with Gasteiger partial charge in [0.05, 0.1) is 0 Å². The molecule has 3 N–H and O–H groups in total. The van der Waals surface area contributed by atoms with E-state index >= 15 is 0 Å². The Morgan fingerprint density at radius 1 is 1.30 bits per heavy atom.